The first kappa shape index (κ1) is 15.6. The molecular formula is C15H16N2O5. The average Bonchev–Trinajstić information content (AvgIpc) is 2.50. The highest BCUT2D eigenvalue weighted by Gasteiger charge is 2.16. The van der Waals surface area contributed by atoms with Crippen molar-refractivity contribution >= 4 is 22.6 Å². The van der Waals surface area contributed by atoms with Crippen LogP contribution in [-0.4, -0.2) is 40.2 Å². The summed E-state index contributed by atoms with van der Waals surface area (Å²) in [5.41, 5.74) is -0.212. The molecule has 7 heteroatoms. The lowest BCUT2D eigenvalue weighted by molar-refractivity contribution is -0.135. The molecule has 3 N–H and O–H groups in total. The van der Waals surface area contributed by atoms with E-state index in [9.17, 15) is 14.7 Å². The zero-order chi connectivity index (χ0) is 16.1. The van der Waals surface area contributed by atoms with Crippen molar-refractivity contribution in [2.45, 2.75) is 13.3 Å². The molecule has 0 aliphatic heterocycles. The number of carboxylic acid groups (broad SMARTS) is 1. The lowest BCUT2D eigenvalue weighted by Crippen LogP contribution is -2.29. The number of carbonyl (C=O) groups excluding carboxylic acids is 1. The lowest BCUT2D eigenvalue weighted by atomic mass is 10.1. The van der Waals surface area contributed by atoms with E-state index in [-0.39, 0.29) is 11.4 Å². The summed E-state index contributed by atoms with van der Waals surface area (Å²) in [4.78, 5) is 26.1. The number of nitrogens with one attached hydrogen (secondary N) is 1. The molecule has 7 nitrogen and oxygen atoms in total. The number of aromatic hydroxyl groups is 1. The third-order valence-electron chi connectivity index (χ3n) is 2.92. The van der Waals surface area contributed by atoms with Gasteiger partial charge in [0.25, 0.3) is 5.91 Å². The normalized spacial score (nSPS) is 10.4. The van der Waals surface area contributed by atoms with Crippen molar-refractivity contribution in [2.24, 2.45) is 0 Å². The third kappa shape index (κ3) is 3.43. The fourth-order valence-electron chi connectivity index (χ4n) is 1.90. The number of aliphatic carboxylic acids is 1. The second-order valence-corrected chi connectivity index (χ2v) is 4.63. The largest absolute Gasteiger partial charge is 0.505 e. The Balaban J connectivity index is 2.30. The van der Waals surface area contributed by atoms with Gasteiger partial charge in [-0.05, 0) is 24.6 Å². The van der Waals surface area contributed by atoms with Crippen molar-refractivity contribution in [3.05, 3.63) is 30.1 Å². The molecule has 1 heterocycles. The summed E-state index contributed by atoms with van der Waals surface area (Å²) in [5.74, 6) is -1.56. The molecular weight excluding hydrogens is 288 g/mol. The Labute approximate surface area is 126 Å². The minimum absolute atomic E-state index is 0.212. The number of carbonyl (C=O) groups is 2. The van der Waals surface area contributed by atoms with Gasteiger partial charge in [-0.15, -0.1) is 0 Å². The van der Waals surface area contributed by atoms with E-state index >= 15 is 0 Å². The van der Waals surface area contributed by atoms with E-state index in [0.717, 1.165) is 6.42 Å². The Bertz CT molecular complexity index is 714. The number of rotatable bonds is 6. The van der Waals surface area contributed by atoms with Crippen LogP contribution in [-0.2, 0) is 4.79 Å². The molecule has 0 saturated heterocycles. The summed E-state index contributed by atoms with van der Waals surface area (Å²) in [5, 5.41) is 21.9. The quantitative estimate of drug-likeness (QED) is 0.747. The second kappa shape index (κ2) is 6.75. The first-order valence-corrected chi connectivity index (χ1v) is 6.77. The van der Waals surface area contributed by atoms with Crippen molar-refractivity contribution in [3.63, 3.8) is 0 Å². The van der Waals surface area contributed by atoms with E-state index < -0.39 is 18.4 Å². The molecule has 1 aromatic heterocycles. The van der Waals surface area contributed by atoms with Crippen molar-refractivity contribution in [3.8, 4) is 11.5 Å². The second-order valence-electron chi connectivity index (χ2n) is 4.63. The van der Waals surface area contributed by atoms with Crippen LogP contribution in [0.25, 0.3) is 10.8 Å². The van der Waals surface area contributed by atoms with Gasteiger partial charge < -0.3 is 20.3 Å². The number of pyridine rings is 1. The molecule has 2 rings (SSSR count). The molecule has 22 heavy (non-hydrogen) atoms. The SMILES string of the molecule is CCCOc1ccc2c(O)c(C(=O)NCC(=O)O)ncc2c1. The zero-order valence-corrected chi connectivity index (χ0v) is 12.0. The first-order valence-electron chi connectivity index (χ1n) is 6.77. The highest BCUT2D eigenvalue weighted by Crippen LogP contribution is 2.29. The van der Waals surface area contributed by atoms with E-state index in [4.69, 9.17) is 9.84 Å². The monoisotopic (exact) mass is 304 g/mol. The Morgan fingerprint density at radius 2 is 2.14 bits per heavy atom. The van der Waals surface area contributed by atoms with E-state index in [2.05, 4.69) is 10.3 Å². The maximum Gasteiger partial charge on any atom is 0.322 e. The maximum absolute atomic E-state index is 11.8. The fraction of sp³-hybridized carbons (Fsp3) is 0.267. The number of aromatic nitrogens is 1. The Kier molecular flexibility index (Phi) is 4.77. The molecule has 0 aliphatic carbocycles. The summed E-state index contributed by atoms with van der Waals surface area (Å²) >= 11 is 0. The number of hydrogen-bond donors (Lipinski definition) is 3. The van der Waals surface area contributed by atoms with Crippen molar-refractivity contribution in [1.29, 1.82) is 0 Å². The summed E-state index contributed by atoms with van der Waals surface area (Å²) in [6.45, 7) is 2.04. The molecule has 0 fully saturated rings. The van der Waals surface area contributed by atoms with Gasteiger partial charge in [0.05, 0.1) is 6.61 Å². The third-order valence-corrected chi connectivity index (χ3v) is 2.92. The minimum atomic E-state index is -1.17. The Hall–Kier alpha value is -2.83. The first-order chi connectivity index (χ1) is 10.5. The van der Waals surface area contributed by atoms with Gasteiger partial charge in [-0.2, -0.15) is 0 Å². The zero-order valence-electron chi connectivity index (χ0n) is 12.0. The maximum atomic E-state index is 11.8. The molecule has 116 valence electrons. The van der Waals surface area contributed by atoms with Crippen LogP contribution in [0.5, 0.6) is 11.5 Å². The highest BCUT2D eigenvalue weighted by molar-refractivity contribution is 6.02. The summed E-state index contributed by atoms with van der Waals surface area (Å²) < 4.78 is 5.49. The number of fused-ring (bicyclic) bond motifs is 1. The number of benzene rings is 1. The van der Waals surface area contributed by atoms with Gasteiger partial charge in [0.1, 0.15) is 12.3 Å². The number of nitrogens with zero attached hydrogens (tertiary/aromatic N) is 1. The molecule has 1 aromatic carbocycles. The van der Waals surface area contributed by atoms with Gasteiger partial charge in [-0.25, -0.2) is 4.98 Å². The molecule has 0 spiro atoms. The van der Waals surface area contributed by atoms with Gasteiger partial charge in [-0.1, -0.05) is 6.92 Å². The van der Waals surface area contributed by atoms with Crippen LogP contribution < -0.4 is 10.1 Å². The molecule has 0 aliphatic rings. The van der Waals surface area contributed by atoms with Gasteiger partial charge in [0.2, 0.25) is 0 Å². The summed E-state index contributed by atoms with van der Waals surface area (Å²) in [6.07, 6.45) is 2.31. The fourth-order valence-corrected chi connectivity index (χ4v) is 1.90. The minimum Gasteiger partial charge on any atom is -0.505 e. The van der Waals surface area contributed by atoms with E-state index in [1.54, 1.807) is 18.2 Å². The summed E-state index contributed by atoms with van der Waals surface area (Å²) in [7, 11) is 0. The topological polar surface area (TPSA) is 109 Å². The van der Waals surface area contributed by atoms with Gasteiger partial charge in [0.15, 0.2) is 11.4 Å². The number of ether oxygens (including phenoxy) is 1. The average molecular weight is 304 g/mol. The molecule has 0 saturated carbocycles. The van der Waals surface area contributed by atoms with Crippen LogP contribution >= 0.6 is 0 Å². The number of carboxylic acids is 1. The van der Waals surface area contributed by atoms with Crippen LogP contribution in [0.3, 0.4) is 0 Å². The Morgan fingerprint density at radius 3 is 2.82 bits per heavy atom. The van der Waals surface area contributed by atoms with Crippen molar-refractivity contribution in [1.82, 2.24) is 10.3 Å². The van der Waals surface area contributed by atoms with Gasteiger partial charge in [-0.3, -0.25) is 9.59 Å². The van der Waals surface area contributed by atoms with Gasteiger partial charge >= 0.3 is 5.97 Å². The molecule has 0 radical (unpaired) electrons. The van der Waals surface area contributed by atoms with Crippen molar-refractivity contribution < 1.29 is 24.5 Å². The van der Waals surface area contributed by atoms with Crippen LogP contribution in [0.4, 0.5) is 0 Å². The molecule has 0 unspecified atom stereocenters. The van der Waals surface area contributed by atoms with Crippen LogP contribution in [0.2, 0.25) is 0 Å². The highest BCUT2D eigenvalue weighted by atomic mass is 16.5. The number of amides is 1. The van der Waals surface area contributed by atoms with E-state index in [0.29, 0.717) is 23.1 Å². The van der Waals surface area contributed by atoms with Crippen LogP contribution in [0, 0.1) is 0 Å². The Morgan fingerprint density at radius 1 is 1.36 bits per heavy atom. The smallest absolute Gasteiger partial charge is 0.322 e. The lowest BCUT2D eigenvalue weighted by Gasteiger charge is -2.09. The molecule has 1 amide bonds. The van der Waals surface area contributed by atoms with Crippen molar-refractivity contribution in [2.75, 3.05) is 13.2 Å². The molecule has 0 bridgehead atoms. The molecule has 0 atom stereocenters. The van der Waals surface area contributed by atoms with E-state index in [1.165, 1.54) is 6.20 Å². The standard InChI is InChI=1S/C15H16N2O5/c1-2-5-22-10-3-4-11-9(6-10)7-16-13(14(11)20)15(21)17-8-12(18)19/h3-4,6-7,20H,2,5,8H2,1H3,(H,17,21)(H,18,19). The van der Waals surface area contributed by atoms with E-state index in [1.807, 2.05) is 6.92 Å². The molecule has 2 aromatic rings. The van der Waals surface area contributed by atoms with Crippen LogP contribution in [0.1, 0.15) is 23.8 Å². The van der Waals surface area contributed by atoms with Crippen LogP contribution in [0.15, 0.2) is 24.4 Å². The number of hydrogen-bond acceptors (Lipinski definition) is 5. The van der Waals surface area contributed by atoms with Gasteiger partial charge in [0, 0.05) is 17.0 Å². The predicted molar refractivity (Wildman–Crippen MR) is 79.2 cm³/mol. The predicted octanol–water partition coefficient (Wildman–Crippen LogP) is 1.54. The summed E-state index contributed by atoms with van der Waals surface area (Å²) in [6, 6.07) is 5.04.